The van der Waals surface area contributed by atoms with Crippen LogP contribution in [0.25, 0.3) is 0 Å². The summed E-state index contributed by atoms with van der Waals surface area (Å²) >= 11 is 0. The van der Waals surface area contributed by atoms with E-state index in [1.807, 2.05) is 0 Å². The number of hydrogen-bond donors (Lipinski definition) is 3. The zero-order valence-corrected chi connectivity index (χ0v) is 22.5. The van der Waals surface area contributed by atoms with E-state index in [2.05, 4.69) is 4.98 Å². The van der Waals surface area contributed by atoms with Crippen molar-refractivity contribution in [1.29, 1.82) is 0 Å². The van der Waals surface area contributed by atoms with Gasteiger partial charge in [-0.2, -0.15) is 30.6 Å². The molecule has 0 amide bonds. The molecule has 2 aliphatic heterocycles. The van der Waals surface area contributed by atoms with E-state index in [4.69, 9.17) is 10.5 Å². The second-order valence-electron chi connectivity index (χ2n) is 10.4. The van der Waals surface area contributed by atoms with Gasteiger partial charge in [0.25, 0.3) is 5.60 Å². The number of sulfonamides is 1. The number of halogens is 6. The van der Waals surface area contributed by atoms with Crippen molar-refractivity contribution in [3.8, 4) is 0 Å². The van der Waals surface area contributed by atoms with E-state index in [0.29, 0.717) is 38.2 Å². The number of anilines is 2. The van der Waals surface area contributed by atoms with Gasteiger partial charge in [-0.05, 0) is 48.9 Å². The van der Waals surface area contributed by atoms with Gasteiger partial charge in [0.1, 0.15) is 10.7 Å². The number of ether oxygens (including phenoxy) is 1. The molecular formula is C25H30F6N4O5S. The maximum atomic E-state index is 13.4. The van der Waals surface area contributed by atoms with E-state index in [0.717, 1.165) is 18.3 Å². The van der Waals surface area contributed by atoms with Crippen LogP contribution in [0.15, 0.2) is 47.5 Å². The topological polar surface area (TPSA) is 129 Å². The number of rotatable bonds is 7. The Morgan fingerprint density at radius 2 is 1.61 bits per heavy atom. The van der Waals surface area contributed by atoms with Crippen LogP contribution in [0.2, 0.25) is 0 Å². The first-order chi connectivity index (χ1) is 19.0. The molecule has 3 heterocycles. The van der Waals surface area contributed by atoms with E-state index >= 15 is 0 Å². The van der Waals surface area contributed by atoms with Crippen LogP contribution < -0.4 is 10.6 Å². The smallest absolute Gasteiger partial charge is 0.396 e. The normalized spacial score (nSPS) is 21.2. The molecule has 16 heteroatoms. The fourth-order valence-electron chi connectivity index (χ4n) is 5.37. The predicted octanol–water partition coefficient (Wildman–Crippen LogP) is 3.03. The number of nitrogens with zero attached hydrogens (tertiary/aromatic N) is 3. The van der Waals surface area contributed by atoms with Gasteiger partial charge in [0, 0.05) is 62.9 Å². The fraction of sp³-hybridized carbons (Fsp3) is 0.560. The highest BCUT2D eigenvalue weighted by atomic mass is 32.2. The Kier molecular flexibility index (Phi) is 8.55. The van der Waals surface area contributed by atoms with Gasteiger partial charge in [0.05, 0.1) is 0 Å². The first kappa shape index (κ1) is 31.3. The van der Waals surface area contributed by atoms with Crippen molar-refractivity contribution < 1.29 is 49.7 Å². The number of nitrogen functional groups attached to an aromatic ring is 1. The number of piperazine rings is 1. The molecule has 1 aromatic heterocycles. The minimum Gasteiger partial charge on any atom is -0.396 e. The summed E-state index contributed by atoms with van der Waals surface area (Å²) in [4.78, 5) is 5.44. The monoisotopic (exact) mass is 612 g/mol. The zero-order valence-electron chi connectivity index (χ0n) is 21.7. The molecule has 1 unspecified atom stereocenters. The quantitative estimate of drug-likeness (QED) is 0.407. The van der Waals surface area contributed by atoms with E-state index in [-0.39, 0.29) is 49.1 Å². The number of alkyl halides is 6. The van der Waals surface area contributed by atoms with Crippen LogP contribution in [-0.4, -0.2) is 85.8 Å². The van der Waals surface area contributed by atoms with E-state index in [9.17, 15) is 45.0 Å². The lowest BCUT2D eigenvalue weighted by molar-refractivity contribution is -0.376. The number of pyridine rings is 1. The first-order valence-electron chi connectivity index (χ1n) is 12.7. The van der Waals surface area contributed by atoms with Crippen LogP contribution in [0.4, 0.5) is 37.8 Å². The Bertz CT molecular complexity index is 1290. The first-order valence-corrected chi connectivity index (χ1v) is 14.1. The van der Waals surface area contributed by atoms with Gasteiger partial charge < -0.3 is 25.6 Å². The van der Waals surface area contributed by atoms with E-state index in [1.165, 1.54) is 16.4 Å². The number of aliphatic hydroxyl groups is 2. The van der Waals surface area contributed by atoms with Crippen LogP contribution in [0.1, 0.15) is 24.8 Å². The molecule has 4 N–H and O–H groups in total. The third-order valence-electron chi connectivity index (χ3n) is 7.84. The Morgan fingerprint density at radius 3 is 2.12 bits per heavy atom. The van der Waals surface area contributed by atoms with Gasteiger partial charge in [-0.25, -0.2) is 13.4 Å². The van der Waals surface area contributed by atoms with Crippen LogP contribution >= 0.6 is 0 Å². The molecule has 1 aromatic carbocycles. The molecule has 0 saturated carbocycles. The maximum Gasteiger partial charge on any atom is 0.430 e. The highest BCUT2D eigenvalue weighted by molar-refractivity contribution is 7.89. The number of hydrogen-bond acceptors (Lipinski definition) is 8. The summed E-state index contributed by atoms with van der Waals surface area (Å²) in [6.45, 7) is 0.440. The standard InChI is InChI=1S/C25H30F6N4O5S/c26-24(27,28)23(37,25(29,30)31)17-1-3-18(4-2-17)35-10-9-34(41(38,39)20-5-6-21(32)33-14-20)15-19(35)13-22(16-36)7-11-40-12-8-22/h1-6,14,19,36-37H,7-13,15-16H2,(H2,32,33). The van der Waals surface area contributed by atoms with Crippen LogP contribution in [0.5, 0.6) is 0 Å². The Hall–Kier alpha value is -2.66. The van der Waals surface area contributed by atoms with Gasteiger partial charge in [0.2, 0.25) is 10.0 Å². The molecular weight excluding hydrogens is 582 g/mol. The molecule has 0 spiro atoms. The molecule has 2 aliphatic rings. The fourth-order valence-corrected chi connectivity index (χ4v) is 6.78. The van der Waals surface area contributed by atoms with E-state index < -0.39 is 45.0 Å². The van der Waals surface area contributed by atoms with Crippen molar-refractivity contribution in [2.75, 3.05) is 50.1 Å². The van der Waals surface area contributed by atoms with Crippen molar-refractivity contribution in [1.82, 2.24) is 9.29 Å². The number of aromatic nitrogens is 1. The molecule has 1 atom stereocenters. The van der Waals surface area contributed by atoms with Crippen molar-refractivity contribution in [3.05, 3.63) is 48.2 Å². The summed E-state index contributed by atoms with van der Waals surface area (Å²) in [6.07, 6.45) is -9.70. The minimum atomic E-state index is -6.02. The van der Waals surface area contributed by atoms with Crippen molar-refractivity contribution in [2.24, 2.45) is 5.41 Å². The average Bonchev–Trinajstić information content (AvgIpc) is 2.92. The van der Waals surface area contributed by atoms with Gasteiger partial charge in [-0.1, -0.05) is 12.1 Å². The second kappa shape index (κ2) is 11.2. The summed E-state index contributed by atoms with van der Waals surface area (Å²) in [6, 6.07) is 5.24. The third-order valence-corrected chi connectivity index (χ3v) is 9.69. The lowest BCUT2D eigenvalue weighted by Crippen LogP contribution is -2.57. The lowest BCUT2D eigenvalue weighted by atomic mass is 9.75. The molecule has 0 bridgehead atoms. The summed E-state index contributed by atoms with van der Waals surface area (Å²) in [5.74, 6) is 0.127. The van der Waals surface area contributed by atoms with Crippen LogP contribution in [0.3, 0.4) is 0 Å². The molecule has 9 nitrogen and oxygen atoms in total. The molecule has 4 rings (SSSR count). The zero-order chi connectivity index (χ0) is 30.3. The Morgan fingerprint density at radius 1 is 1.00 bits per heavy atom. The predicted molar refractivity (Wildman–Crippen MR) is 135 cm³/mol. The average molecular weight is 613 g/mol. The highest BCUT2D eigenvalue weighted by Crippen LogP contribution is 2.50. The van der Waals surface area contributed by atoms with Crippen molar-refractivity contribution in [2.45, 2.75) is 48.2 Å². The molecule has 0 aliphatic carbocycles. The van der Waals surface area contributed by atoms with Gasteiger partial charge in [0.15, 0.2) is 0 Å². The third kappa shape index (κ3) is 5.98. The second-order valence-corrected chi connectivity index (χ2v) is 12.3. The summed E-state index contributed by atoms with van der Waals surface area (Å²) in [7, 11) is -4.03. The van der Waals surface area contributed by atoms with Crippen molar-refractivity contribution in [3.63, 3.8) is 0 Å². The van der Waals surface area contributed by atoms with Gasteiger partial charge in [-0.3, -0.25) is 0 Å². The molecule has 2 aromatic rings. The highest BCUT2D eigenvalue weighted by Gasteiger charge is 2.71. The molecule has 0 radical (unpaired) electrons. The molecule has 228 valence electrons. The minimum absolute atomic E-state index is 0.0464. The largest absolute Gasteiger partial charge is 0.430 e. The van der Waals surface area contributed by atoms with E-state index in [1.54, 1.807) is 4.90 Å². The number of aliphatic hydroxyl groups excluding tert-OH is 1. The SMILES string of the molecule is Nc1ccc(S(=O)(=O)N2CCN(c3ccc(C(O)(C(F)(F)F)C(F)(F)F)cc3)C(CC3(CO)CCOCC3)C2)cn1. The summed E-state index contributed by atoms with van der Waals surface area (Å²) < 4.78 is 114. The van der Waals surface area contributed by atoms with Crippen LogP contribution in [-0.2, 0) is 20.4 Å². The van der Waals surface area contributed by atoms with Crippen molar-refractivity contribution >= 4 is 21.5 Å². The molecule has 41 heavy (non-hydrogen) atoms. The molecule has 2 fully saturated rings. The summed E-state index contributed by atoms with van der Waals surface area (Å²) in [5, 5.41) is 20.0. The Balaban J connectivity index is 1.68. The number of nitrogens with two attached hydrogens (primary N) is 1. The maximum absolute atomic E-state index is 13.4. The van der Waals surface area contributed by atoms with Crippen LogP contribution in [0, 0.1) is 5.41 Å². The van der Waals surface area contributed by atoms with Gasteiger partial charge >= 0.3 is 12.4 Å². The molecule has 2 saturated heterocycles. The van der Waals surface area contributed by atoms with Gasteiger partial charge in [-0.15, -0.1) is 0 Å². The number of benzene rings is 1. The lowest BCUT2D eigenvalue weighted by Gasteiger charge is -2.47. The Labute approximate surface area is 232 Å². The summed E-state index contributed by atoms with van der Waals surface area (Å²) in [5.41, 5.74) is -1.30.